The van der Waals surface area contributed by atoms with E-state index >= 15 is 0 Å². The molecule has 0 aliphatic rings. The van der Waals surface area contributed by atoms with Gasteiger partial charge in [-0.25, -0.2) is 0 Å². The molecule has 64 valence electrons. The Hall–Kier alpha value is -0.590. The van der Waals surface area contributed by atoms with Crippen LogP contribution in [0.25, 0.3) is 0 Å². The second-order valence-electron chi connectivity index (χ2n) is 3.10. The summed E-state index contributed by atoms with van der Waals surface area (Å²) in [6.07, 6.45) is 4.31. The molecule has 0 aromatic heterocycles. The minimum absolute atomic E-state index is 0.233. The summed E-state index contributed by atoms with van der Waals surface area (Å²) in [6, 6.07) is 0. The molecule has 0 rings (SSSR count). The van der Waals surface area contributed by atoms with Gasteiger partial charge in [-0.2, -0.15) is 0 Å². The molecule has 11 heavy (non-hydrogen) atoms. The van der Waals surface area contributed by atoms with Gasteiger partial charge in [-0.05, 0) is 26.5 Å². The van der Waals surface area contributed by atoms with E-state index in [1.807, 2.05) is 6.92 Å². The van der Waals surface area contributed by atoms with Gasteiger partial charge in [0.1, 0.15) is 0 Å². The van der Waals surface area contributed by atoms with Crippen molar-refractivity contribution in [2.24, 2.45) is 10.4 Å². The molecule has 0 saturated carbocycles. The van der Waals surface area contributed by atoms with Crippen LogP contribution in [0.1, 0.15) is 40.5 Å². The van der Waals surface area contributed by atoms with Crippen molar-refractivity contribution >= 4 is 6.72 Å². The minimum Gasteiger partial charge on any atom is -0.269 e. The van der Waals surface area contributed by atoms with E-state index in [1.165, 1.54) is 0 Å². The molecule has 0 fully saturated rings. The van der Waals surface area contributed by atoms with Crippen LogP contribution in [0.5, 0.6) is 0 Å². The third kappa shape index (κ3) is 2.18. The van der Waals surface area contributed by atoms with Gasteiger partial charge in [-0.15, -0.1) is 0 Å². The number of hydrogen-bond acceptors (Lipinski definition) is 1. The lowest BCUT2D eigenvalue weighted by atomic mass is 9.81. The maximum Gasteiger partial charge on any atom is 0.0412 e. The number of allylic oxidation sites excluding steroid dienone is 2. The predicted molar refractivity (Wildman–Crippen MR) is 52.0 cm³/mol. The van der Waals surface area contributed by atoms with Crippen molar-refractivity contribution < 1.29 is 0 Å². The summed E-state index contributed by atoms with van der Waals surface area (Å²) >= 11 is 0. The van der Waals surface area contributed by atoms with Crippen LogP contribution in [0.15, 0.2) is 16.8 Å². The van der Waals surface area contributed by atoms with Crippen molar-refractivity contribution in [1.82, 2.24) is 0 Å². The lowest BCUT2D eigenvalue weighted by Gasteiger charge is -2.26. The summed E-state index contributed by atoms with van der Waals surface area (Å²) in [7, 11) is 0. The molecule has 0 atom stereocenters. The van der Waals surface area contributed by atoms with Crippen molar-refractivity contribution in [2.45, 2.75) is 40.5 Å². The van der Waals surface area contributed by atoms with E-state index in [2.05, 4.69) is 38.6 Å². The molecule has 0 unspecified atom stereocenters. The van der Waals surface area contributed by atoms with Gasteiger partial charge < -0.3 is 0 Å². The van der Waals surface area contributed by atoms with E-state index in [9.17, 15) is 0 Å². The van der Waals surface area contributed by atoms with E-state index in [1.54, 1.807) is 0 Å². The SMILES string of the molecule is C=NC(=CC)C(C)(CC)CC. The summed E-state index contributed by atoms with van der Waals surface area (Å²) in [5, 5.41) is 0. The monoisotopic (exact) mass is 153 g/mol. The quantitative estimate of drug-likeness (QED) is 0.549. The van der Waals surface area contributed by atoms with Crippen molar-refractivity contribution in [1.29, 1.82) is 0 Å². The van der Waals surface area contributed by atoms with Gasteiger partial charge in [0.2, 0.25) is 0 Å². The lowest BCUT2D eigenvalue weighted by molar-refractivity contribution is 0.364. The Balaban J connectivity index is 4.59. The molecule has 0 amide bonds. The summed E-state index contributed by atoms with van der Waals surface area (Å²) in [5.41, 5.74) is 1.36. The highest BCUT2D eigenvalue weighted by molar-refractivity contribution is 5.31. The Kier molecular flexibility index (Phi) is 4.09. The van der Waals surface area contributed by atoms with E-state index in [0.717, 1.165) is 18.5 Å². The van der Waals surface area contributed by atoms with Gasteiger partial charge in [0.05, 0.1) is 0 Å². The highest BCUT2D eigenvalue weighted by Crippen LogP contribution is 2.34. The number of rotatable bonds is 4. The van der Waals surface area contributed by atoms with Crippen LogP contribution in [0, 0.1) is 5.41 Å². The first-order valence-corrected chi connectivity index (χ1v) is 4.28. The van der Waals surface area contributed by atoms with Gasteiger partial charge in [0.25, 0.3) is 0 Å². The molecule has 0 bridgehead atoms. The van der Waals surface area contributed by atoms with Gasteiger partial charge in [-0.1, -0.05) is 26.8 Å². The average molecular weight is 153 g/mol. The molecule has 0 aliphatic carbocycles. The third-order valence-corrected chi connectivity index (χ3v) is 2.62. The predicted octanol–water partition coefficient (Wildman–Crippen LogP) is 3.42. The second-order valence-corrected chi connectivity index (χ2v) is 3.10. The average Bonchev–Trinajstić information content (AvgIpc) is 2.06. The number of hydrogen-bond donors (Lipinski definition) is 0. The zero-order valence-electron chi connectivity index (χ0n) is 8.15. The molecule has 0 aromatic carbocycles. The molecular weight excluding hydrogens is 134 g/mol. The van der Waals surface area contributed by atoms with E-state index in [-0.39, 0.29) is 5.41 Å². The Bertz CT molecular complexity index is 152. The molecule has 0 saturated heterocycles. The molecule has 0 radical (unpaired) electrons. The van der Waals surface area contributed by atoms with Crippen LogP contribution in [-0.4, -0.2) is 6.72 Å². The topological polar surface area (TPSA) is 12.4 Å². The van der Waals surface area contributed by atoms with E-state index in [4.69, 9.17) is 0 Å². The zero-order chi connectivity index (χ0) is 8.91. The van der Waals surface area contributed by atoms with Crippen molar-refractivity contribution in [3.63, 3.8) is 0 Å². The van der Waals surface area contributed by atoms with Gasteiger partial charge in [0.15, 0.2) is 0 Å². The third-order valence-electron chi connectivity index (χ3n) is 2.62. The molecule has 0 aromatic rings. The maximum absolute atomic E-state index is 4.03. The normalized spacial score (nSPS) is 13.3. The van der Waals surface area contributed by atoms with E-state index in [0.29, 0.717) is 0 Å². The molecule has 0 heterocycles. The summed E-state index contributed by atoms with van der Waals surface area (Å²) in [6.45, 7) is 12.2. The smallest absolute Gasteiger partial charge is 0.0412 e. The zero-order valence-corrected chi connectivity index (χ0v) is 8.15. The van der Waals surface area contributed by atoms with Crippen molar-refractivity contribution in [3.05, 3.63) is 11.8 Å². The molecule has 0 spiro atoms. The van der Waals surface area contributed by atoms with Crippen LogP contribution in [-0.2, 0) is 0 Å². The molecule has 0 N–H and O–H groups in total. The largest absolute Gasteiger partial charge is 0.269 e. The van der Waals surface area contributed by atoms with Crippen LogP contribution in [0.3, 0.4) is 0 Å². The van der Waals surface area contributed by atoms with E-state index < -0.39 is 0 Å². The molecule has 0 aliphatic heterocycles. The first-order valence-electron chi connectivity index (χ1n) is 4.28. The number of nitrogens with zero attached hydrogens (tertiary/aromatic N) is 1. The second kappa shape index (κ2) is 4.32. The fraction of sp³-hybridized carbons (Fsp3) is 0.700. The van der Waals surface area contributed by atoms with Gasteiger partial charge >= 0.3 is 0 Å². The Morgan fingerprint density at radius 2 is 1.91 bits per heavy atom. The molecule has 1 heteroatoms. The Morgan fingerprint density at radius 1 is 1.45 bits per heavy atom. The van der Waals surface area contributed by atoms with Crippen LogP contribution < -0.4 is 0 Å². The molecular formula is C10H19N. The Labute approximate surface area is 70.2 Å². The summed E-state index contributed by atoms with van der Waals surface area (Å²) < 4.78 is 0. The lowest BCUT2D eigenvalue weighted by Crippen LogP contribution is -2.15. The highest BCUT2D eigenvalue weighted by Gasteiger charge is 2.23. The standard InChI is InChI=1S/C10H19N/c1-6-9(11-5)10(4,7-2)8-3/h6H,5,7-8H2,1-4H3. The summed E-state index contributed by atoms with van der Waals surface area (Å²) in [5.74, 6) is 0. The van der Waals surface area contributed by atoms with Crippen molar-refractivity contribution in [2.75, 3.05) is 0 Å². The fourth-order valence-electron chi connectivity index (χ4n) is 1.24. The fourth-order valence-corrected chi connectivity index (χ4v) is 1.24. The Morgan fingerprint density at radius 3 is 2.00 bits per heavy atom. The minimum atomic E-state index is 0.233. The molecule has 1 nitrogen and oxygen atoms in total. The van der Waals surface area contributed by atoms with Gasteiger partial charge in [0, 0.05) is 11.1 Å². The maximum atomic E-state index is 4.03. The van der Waals surface area contributed by atoms with Crippen LogP contribution >= 0.6 is 0 Å². The van der Waals surface area contributed by atoms with Gasteiger partial charge in [-0.3, -0.25) is 4.99 Å². The first-order chi connectivity index (χ1) is 5.14. The van der Waals surface area contributed by atoms with Crippen LogP contribution in [0.4, 0.5) is 0 Å². The number of aliphatic imine (C=N–C) groups is 1. The van der Waals surface area contributed by atoms with Crippen LogP contribution in [0.2, 0.25) is 0 Å². The highest BCUT2D eigenvalue weighted by atomic mass is 14.7. The van der Waals surface area contributed by atoms with Crippen molar-refractivity contribution in [3.8, 4) is 0 Å². The first kappa shape index (κ1) is 10.4. The summed E-state index contributed by atoms with van der Waals surface area (Å²) in [4.78, 5) is 4.03.